The third kappa shape index (κ3) is 2.66. The van der Waals surface area contributed by atoms with Gasteiger partial charge in [0.05, 0.1) is 0 Å². The maximum Gasteiger partial charge on any atom is 0.241 e. The third-order valence-electron chi connectivity index (χ3n) is 4.86. The Kier molecular flexibility index (Phi) is 3.56. The zero-order chi connectivity index (χ0) is 13.2. The fraction of sp³-hybridized carbons (Fsp3) is 0.562. The van der Waals surface area contributed by atoms with E-state index in [9.17, 15) is 4.79 Å². The van der Waals surface area contributed by atoms with Gasteiger partial charge in [0.25, 0.3) is 0 Å². The average Bonchev–Trinajstić information content (AvgIpc) is 3.07. The van der Waals surface area contributed by atoms with Crippen molar-refractivity contribution in [2.45, 2.75) is 31.7 Å². The molecule has 3 nitrogen and oxygen atoms in total. The summed E-state index contributed by atoms with van der Waals surface area (Å²) in [7, 11) is 0. The van der Waals surface area contributed by atoms with Gasteiger partial charge in [0.15, 0.2) is 0 Å². The summed E-state index contributed by atoms with van der Waals surface area (Å²) < 4.78 is 0. The van der Waals surface area contributed by atoms with Crippen LogP contribution >= 0.6 is 0 Å². The molecule has 19 heavy (non-hydrogen) atoms. The summed E-state index contributed by atoms with van der Waals surface area (Å²) in [6, 6.07) is 9.03. The van der Waals surface area contributed by atoms with Crippen molar-refractivity contribution in [2.24, 2.45) is 23.5 Å². The quantitative estimate of drug-likeness (QED) is 0.870. The predicted octanol–water partition coefficient (Wildman–Crippen LogP) is 2.24. The highest BCUT2D eigenvalue weighted by atomic mass is 16.2. The summed E-state index contributed by atoms with van der Waals surface area (Å²) in [6.45, 7) is 0.806. The molecule has 3 unspecified atom stereocenters. The summed E-state index contributed by atoms with van der Waals surface area (Å²) in [4.78, 5) is 12.1. The lowest BCUT2D eigenvalue weighted by Gasteiger charge is -2.22. The van der Waals surface area contributed by atoms with Gasteiger partial charge in [-0.1, -0.05) is 36.8 Å². The SMILES string of the molecule is N[C@@H](C(=O)NCC1CC2CCC1C2)c1ccccc1. The second-order valence-corrected chi connectivity index (χ2v) is 6.07. The Morgan fingerprint density at radius 1 is 1.26 bits per heavy atom. The smallest absolute Gasteiger partial charge is 0.241 e. The Morgan fingerprint density at radius 2 is 2.05 bits per heavy atom. The first-order chi connectivity index (χ1) is 9.24. The number of carbonyl (C=O) groups is 1. The highest BCUT2D eigenvalue weighted by molar-refractivity contribution is 5.82. The number of hydrogen-bond acceptors (Lipinski definition) is 2. The number of fused-ring (bicyclic) bond motifs is 2. The normalized spacial score (nSPS) is 30.3. The molecule has 3 rings (SSSR count). The molecule has 0 aromatic heterocycles. The van der Waals surface area contributed by atoms with Gasteiger partial charge in [-0.3, -0.25) is 4.79 Å². The number of amides is 1. The van der Waals surface area contributed by atoms with Crippen LogP contribution in [0, 0.1) is 17.8 Å². The highest BCUT2D eigenvalue weighted by Gasteiger charge is 2.39. The molecule has 2 bridgehead atoms. The fourth-order valence-corrected chi connectivity index (χ4v) is 3.78. The van der Waals surface area contributed by atoms with Crippen LogP contribution in [0.5, 0.6) is 0 Å². The van der Waals surface area contributed by atoms with E-state index >= 15 is 0 Å². The van der Waals surface area contributed by atoms with Crippen molar-refractivity contribution in [1.82, 2.24) is 5.32 Å². The van der Waals surface area contributed by atoms with E-state index < -0.39 is 6.04 Å². The van der Waals surface area contributed by atoms with Crippen molar-refractivity contribution < 1.29 is 4.79 Å². The molecule has 0 saturated heterocycles. The number of carbonyl (C=O) groups excluding carboxylic acids is 1. The molecule has 1 amide bonds. The van der Waals surface area contributed by atoms with E-state index in [0.29, 0.717) is 5.92 Å². The number of nitrogens with one attached hydrogen (secondary N) is 1. The van der Waals surface area contributed by atoms with Crippen molar-refractivity contribution in [3.8, 4) is 0 Å². The lowest BCUT2D eigenvalue weighted by molar-refractivity contribution is -0.122. The van der Waals surface area contributed by atoms with Gasteiger partial charge in [-0.25, -0.2) is 0 Å². The largest absolute Gasteiger partial charge is 0.354 e. The second-order valence-electron chi connectivity index (χ2n) is 6.07. The first-order valence-corrected chi connectivity index (χ1v) is 7.32. The lowest BCUT2D eigenvalue weighted by atomic mass is 9.89. The highest BCUT2D eigenvalue weighted by Crippen LogP contribution is 2.47. The molecule has 2 saturated carbocycles. The number of rotatable bonds is 4. The summed E-state index contributed by atoms with van der Waals surface area (Å²) in [5, 5.41) is 3.04. The zero-order valence-electron chi connectivity index (χ0n) is 11.2. The first kappa shape index (κ1) is 12.7. The van der Waals surface area contributed by atoms with Crippen LogP contribution in [0.4, 0.5) is 0 Å². The molecule has 2 fully saturated rings. The molecule has 0 heterocycles. The predicted molar refractivity (Wildman–Crippen MR) is 75.3 cm³/mol. The average molecular weight is 258 g/mol. The van der Waals surface area contributed by atoms with Crippen molar-refractivity contribution >= 4 is 5.91 Å². The molecule has 0 aliphatic heterocycles. The molecule has 1 aromatic rings. The van der Waals surface area contributed by atoms with E-state index in [1.807, 2.05) is 30.3 Å². The summed E-state index contributed by atoms with van der Waals surface area (Å²) in [6.07, 6.45) is 5.44. The van der Waals surface area contributed by atoms with Crippen LogP contribution in [0.1, 0.15) is 37.3 Å². The van der Waals surface area contributed by atoms with E-state index in [4.69, 9.17) is 5.73 Å². The van der Waals surface area contributed by atoms with Gasteiger partial charge in [0.2, 0.25) is 5.91 Å². The van der Waals surface area contributed by atoms with Gasteiger partial charge in [-0.05, 0) is 42.6 Å². The van der Waals surface area contributed by atoms with Crippen LogP contribution in [-0.4, -0.2) is 12.5 Å². The van der Waals surface area contributed by atoms with Crippen molar-refractivity contribution in [3.05, 3.63) is 35.9 Å². The monoisotopic (exact) mass is 258 g/mol. The number of benzene rings is 1. The molecule has 3 N–H and O–H groups in total. The summed E-state index contributed by atoms with van der Waals surface area (Å²) in [5.41, 5.74) is 6.87. The summed E-state index contributed by atoms with van der Waals surface area (Å²) >= 11 is 0. The molecular weight excluding hydrogens is 236 g/mol. The van der Waals surface area contributed by atoms with E-state index in [2.05, 4.69) is 5.32 Å². The minimum Gasteiger partial charge on any atom is -0.354 e. The van der Waals surface area contributed by atoms with Gasteiger partial charge in [0, 0.05) is 6.54 Å². The fourth-order valence-electron chi connectivity index (χ4n) is 3.78. The molecule has 4 atom stereocenters. The second kappa shape index (κ2) is 5.33. The van der Waals surface area contributed by atoms with Gasteiger partial charge in [0.1, 0.15) is 6.04 Å². The van der Waals surface area contributed by atoms with Gasteiger partial charge < -0.3 is 11.1 Å². The van der Waals surface area contributed by atoms with Crippen LogP contribution in [0.2, 0.25) is 0 Å². The Balaban J connectivity index is 1.51. The molecule has 2 aliphatic rings. The molecule has 3 heteroatoms. The summed E-state index contributed by atoms with van der Waals surface area (Å²) in [5.74, 6) is 2.41. The lowest BCUT2D eigenvalue weighted by Crippen LogP contribution is -2.38. The van der Waals surface area contributed by atoms with Crippen LogP contribution < -0.4 is 11.1 Å². The van der Waals surface area contributed by atoms with Crippen LogP contribution in [0.25, 0.3) is 0 Å². The maximum absolute atomic E-state index is 12.1. The zero-order valence-corrected chi connectivity index (χ0v) is 11.2. The maximum atomic E-state index is 12.1. The molecule has 102 valence electrons. The topological polar surface area (TPSA) is 55.1 Å². The van der Waals surface area contributed by atoms with Gasteiger partial charge in [-0.15, -0.1) is 0 Å². The molecule has 2 aliphatic carbocycles. The van der Waals surface area contributed by atoms with Crippen LogP contribution in [-0.2, 0) is 4.79 Å². The van der Waals surface area contributed by atoms with Crippen molar-refractivity contribution in [1.29, 1.82) is 0 Å². The molecular formula is C16H22N2O. The van der Waals surface area contributed by atoms with E-state index in [1.165, 1.54) is 25.7 Å². The van der Waals surface area contributed by atoms with Crippen molar-refractivity contribution in [3.63, 3.8) is 0 Å². The van der Waals surface area contributed by atoms with E-state index in [-0.39, 0.29) is 5.91 Å². The number of hydrogen-bond donors (Lipinski definition) is 2. The van der Waals surface area contributed by atoms with Gasteiger partial charge >= 0.3 is 0 Å². The first-order valence-electron chi connectivity index (χ1n) is 7.32. The molecule has 1 aromatic carbocycles. The minimum absolute atomic E-state index is 0.0472. The van der Waals surface area contributed by atoms with E-state index in [0.717, 1.165) is 23.9 Å². The third-order valence-corrected chi connectivity index (χ3v) is 4.86. The Hall–Kier alpha value is -1.35. The Bertz CT molecular complexity index is 445. The number of nitrogens with two attached hydrogens (primary N) is 1. The Morgan fingerprint density at radius 3 is 2.68 bits per heavy atom. The minimum atomic E-state index is -0.542. The van der Waals surface area contributed by atoms with Gasteiger partial charge in [-0.2, -0.15) is 0 Å². The Labute approximate surface area is 114 Å². The van der Waals surface area contributed by atoms with Crippen molar-refractivity contribution in [2.75, 3.05) is 6.54 Å². The van der Waals surface area contributed by atoms with Crippen LogP contribution in [0.3, 0.4) is 0 Å². The standard InChI is InChI=1S/C16H22N2O/c17-15(12-4-2-1-3-5-12)16(19)18-10-14-9-11-6-7-13(14)8-11/h1-5,11,13-15H,6-10,17H2,(H,18,19)/t11?,13?,14?,15-/m1/s1. The molecule has 0 spiro atoms. The van der Waals surface area contributed by atoms with Crippen LogP contribution in [0.15, 0.2) is 30.3 Å². The van der Waals surface area contributed by atoms with E-state index in [1.54, 1.807) is 0 Å². The molecule has 0 radical (unpaired) electrons.